The monoisotopic (exact) mass is 467 g/mol. The second-order valence-corrected chi connectivity index (χ2v) is 7.23. The minimum atomic E-state index is -0.497. The van der Waals surface area contributed by atoms with E-state index in [4.69, 9.17) is 9.47 Å². The maximum Gasteiger partial charge on any atom is 0.159 e. The van der Waals surface area contributed by atoms with E-state index in [1.807, 2.05) is 45.9 Å². The van der Waals surface area contributed by atoms with Gasteiger partial charge in [-0.2, -0.15) is 0 Å². The van der Waals surface area contributed by atoms with Gasteiger partial charge in [0.2, 0.25) is 0 Å². The third-order valence-corrected chi connectivity index (χ3v) is 4.76. The van der Waals surface area contributed by atoms with Gasteiger partial charge in [-0.25, -0.2) is 24.3 Å². The molecule has 0 spiro atoms. The molecule has 3 rings (SSSR count). The van der Waals surface area contributed by atoms with Crippen LogP contribution in [0.1, 0.15) is 54.4 Å². The van der Waals surface area contributed by atoms with E-state index in [9.17, 15) is 4.39 Å². The van der Waals surface area contributed by atoms with Gasteiger partial charge in [-0.1, -0.05) is 27.7 Å². The zero-order valence-electron chi connectivity index (χ0n) is 21.0. The second-order valence-electron chi connectivity index (χ2n) is 7.23. The number of benzene rings is 1. The summed E-state index contributed by atoms with van der Waals surface area (Å²) < 4.78 is 24.9. The lowest BCUT2D eigenvalue weighted by molar-refractivity contribution is 0.285. The van der Waals surface area contributed by atoms with Crippen molar-refractivity contribution in [3.8, 4) is 17.1 Å². The van der Waals surface area contributed by atoms with Crippen LogP contribution in [0.3, 0.4) is 0 Å². The van der Waals surface area contributed by atoms with Crippen LogP contribution in [0.4, 0.5) is 10.2 Å². The highest BCUT2D eigenvalue weighted by atomic mass is 19.1. The molecule has 2 heterocycles. The molecule has 182 valence electrons. The summed E-state index contributed by atoms with van der Waals surface area (Å²) in [5.74, 6) is 2.71. The number of ether oxygens (including phenoxy) is 2. The van der Waals surface area contributed by atoms with Crippen LogP contribution < -0.4 is 10.1 Å². The van der Waals surface area contributed by atoms with E-state index in [1.54, 1.807) is 13.2 Å². The number of methoxy groups -OCH3 is 1. The Morgan fingerprint density at radius 1 is 1.06 bits per heavy atom. The number of halogens is 1. The summed E-state index contributed by atoms with van der Waals surface area (Å²) in [4.78, 5) is 17.0. The van der Waals surface area contributed by atoms with E-state index >= 15 is 0 Å². The minimum Gasteiger partial charge on any atom is -0.494 e. The molecule has 0 saturated carbocycles. The van der Waals surface area contributed by atoms with Gasteiger partial charge in [-0.15, -0.1) is 0 Å². The molecule has 2 aromatic heterocycles. The Morgan fingerprint density at radius 2 is 1.74 bits per heavy atom. The highest BCUT2D eigenvalue weighted by molar-refractivity contribution is 5.96. The third-order valence-electron chi connectivity index (χ3n) is 4.76. The molecule has 0 aliphatic carbocycles. The van der Waals surface area contributed by atoms with Crippen molar-refractivity contribution in [2.75, 3.05) is 12.4 Å². The maximum absolute atomic E-state index is 13.3. The molecule has 7 nitrogen and oxygen atoms in total. The summed E-state index contributed by atoms with van der Waals surface area (Å²) >= 11 is 0. The zero-order chi connectivity index (χ0) is 25.1. The summed E-state index contributed by atoms with van der Waals surface area (Å²) in [7, 11) is 1.57. The fourth-order valence-corrected chi connectivity index (χ4v) is 3.30. The summed E-state index contributed by atoms with van der Waals surface area (Å²) in [5, 5.41) is 4.16. The van der Waals surface area contributed by atoms with Crippen molar-refractivity contribution in [1.82, 2.24) is 19.9 Å². The van der Waals surface area contributed by atoms with Crippen LogP contribution in [0.5, 0.6) is 5.75 Å². The van der Waals surface area contributed by atoms with Gasteiger partial charge in [0.05, 0.1) is 31.3 Å². The van der Waals surface area contributed by atoms with Gasteiger partial charge in [0.25, 0.3) is 0 Å². The number of hydrogen-bond acceptors (Lipinski definition) is 7. The number of allylic oxidation sites excluding steroid dienone is 3. The lowest BCUT2D eigenvalue weighted by atomic mass is 10.1. The van der Waals surface area contributed by atoms with Gasteiger partial charge in [0, 0.05) is 10.9 Å². The Kier molecular flexibility index (Phi) is 10.4. The largest absolute Gasteiger partial charge is 0.494 e. The van der Waals surface area contributed by atoms with Crippen LogP contribution >= 0.6 is 0 Å². The molecular weight excluding hydrogens is 433 g/mol. The fraction of sp³-hybridized carbons (Fsp3) is 0.385. The molecule has 0 radical (unpaired) electrons. The van der Waals surface area contributed by atoms with Gasteiger partial charge in [0.1, 0.15) is 29.2 Å². The summed E-state index contributed by atoms with van der Waals surface area (Å²) in [6.07, 6.45) is 9.58. The molecular formula is C26H34FN5O2. The Hall–Kier alpha value is -3.55. The Labute approximate surface area is 201 Å². The molecule has 1 aromatic carbocycles. The number of nitrogens with one attached hydrogen (secondary N) is 1. The standard InChI is InChI=1S/C24H28FN5O2.C2H6/c1-6-8-15(3)32-20(9-7-2)16(4)30-24-19-10-17(23-26-12-18(25)13-27-23)11-21(31-5)22(19)28-14-29-24;1-2/h8-14,16H,6-7H2,1-5H3,(H,28,29,30);1-2H3/b15-8-,20-9+;. The predicted molar refractivity (Wildman–Crippen MR) is 135 cm³/mol. The summed E-state index contributed by atoms with van der Waals surface area (Å²) in [6, 6.07) is 3.50. The van der Waals surface area contributed by atoms with Crippen molar-refractivity contribution in [2.24, 2.45) is 0 Å². The molecule has 8 heteroatoms. The zero-order valence-corrected chi connectivity index (χ0v) is 21.0. The van der Waals surface area contributed by atoms with Crippen LogP contribution in [0.2, 0.25) is 0 Å². The first-order chi connectivity index (χ1) is 16.5. The minimum absolute atomic E-state index is 0.148. The Bertz CT molecular complexity index is 1130. The Balaban J connectivity index is 0.00000199. The number of hydrogen-bond donors (Lipinski definition) is 1. The lowest BCUT2D eigenvalue weighted by Gasteiger charge is -2.20. The van der Waals surface area contributed by atoms with E-state index < -0.39 is 5.82 Å². The smallest absolute Gasteiger partial charge is 0.159 e. The average molecular weight is 468 g/mol. The molecule has 0 aliphatic rings. The first-order valence-corrected chi connectivity index (χ1v) is 11.6. The fourth-order valence-electron chi connectivity index (χ4n) is 3.30. The van der Waals surface area contributed by atoms with Gasteiger partial charge >= 0.3 is 0 Å². The maximum atomic E-state index is 13.3. The topological polar surface area (TPSA) is 82.0 Å². The number of rotatable bonds is 9. The van der Waals surface area contributed by atoms with Gasteiger partial charge in [-0.05, 0) is 51.0 Å². The van der Waals surface area contributed by atoms with Gasteiger partial charge in [0.15, 0.2) is 11.6 Å². The molecule has 3 aromatic rings. The summed E-state index contributed by atoms with van der Waals surface area (Å²) in [6.45, 7) is 12.1. The summed E-state index contributed by atoms with van der Waals surface area (Å²) in [5.41, 5.74) is 1.31. The van der Waals surface area contributed by atoms with Crippen LogP contribution in [0.25, 0.3) is 22.3 Å². The van der Waals surface area contributed by atoms with E-state index in [0.29, 0.717) is 28.5 Å². The molecule has 0 aliphatic heterocycles. The van der Waals surface area contributed by atoms with E-state index in [-0.39, 0.29) is 6.04 Å². The predicted octanol–water partition coefficient (Wildman–Crippen LogP) is 6.69. The van der Waals surface area contributed by atoms with Gasteiger partial charge in [-0.3, -0.25) is 0 Å². The molecule has 0 amide bonds. The number of nitrogens with zero attached hydrogens (tertiary/aromatic N) is 4. The molecule has 1 atom stereocenters. The van der Waals surface area contributed by atoms with Crippen molar-refractivity contribution < 1.29 is 13.9 Å². The van der Waals surface area contributed by atoms with Crippen LogP contribution in [-0.2, 0) is 4.74 Å². The molecule has 0 saturated heterocycles. The van der Waals surface area contributed by atoms with Crippen LogP contribution in [-0.4, -0.2) is 33.1 Å². The molecule has 1 unspecified atom stereocenters. The molecule has 34 heavy (non-hydrogen) atoms. The van der Waals surface area contributed by atoms with E-state index in [1.165, 1.54) is 6.33 Å². The van der Waals surface area contributed by atoms with Crippen molar-refractivity contribution >= 4 is 16.7 Å². The normalized spacial score (nSPS) is 12.6. The highest BCUT2D eigenvalue weighted by Gasteiger charge is 2.17. The quantitative estimate of drug-likeness (QED) is 0.351. The molecule has 0 bridgehead atoms. The van der Waals surface area contributed by atoms with E-state index in [2.05, 4.69) is 39.1 Å². The highest BCUT2D eigenvalue weighted by Crippen LogP contribution is 2.33. The lowest BCUT2D eigenvalue weighted by Crippen LogP contribution is -2.21. The van der Waals surface area contributed by atoms with Gasteiger partial charge < -0.3 is 14.8 Å². The first kappa shape index (κ1) is 26.7. The average Bonchev–Trinajstić information content (AvgIpc) is 2.85. The third kappa shape index (κ3) is 6.73. The van der Waals surface area contributed by atoms with Crippen LogP contribution in [0, 0.1) is 5.82 Å². The second kappa shape index (κ2) is 13.2. The van der Waals surface area contributed by atoms with E-state index in [0.717, 1.165) is 42.1 Å². The number of aromatic nitrogens is 4. The van der Waals surface area contributed by atoms with Crippen molar-refractivity contribution in [3.63, 3.8) is 0 Å². The SMILES string of the molecule is CC.CC/C=C(/C)O/C(=C/CC)C(C)Nc1ncnc2c(OC)cc(-c3ncc(F)cn3)cc12. The Morgan fingerprint density at radius 3 is 2.35 bits per heavy atom. The van der Waals surface area contributed by atoms with Crippen molar-refractivity contribution in [1.29, 1.82) is 0 Å². The van der Waals surface area contributed by atoms with Crippen molar-refractivity contribution in [2.45, 2.75) is 60.4 Å². The number of anilines is 1. The van der Waals surface area contributed by atoms with Crippen LogP contribution in [0.15, 0.2) is 54.5 Å². The van der Waals surface area contributed by atoms with Crippen molar-refractivity contribution in [3.05, 3.63) is 60.3 Å². The number of fused-ring (bicyclic) bond motifs is 1. The molecule has 0 fully saturated rings. The molecule has 1 N–H and O–H groups in total. The first-order valence-electron chi connectivity index (χ1n) is 11.6.